The van der Waals surface area contributed by atoms with Crippen LogP contribution in [0.1, 0.15) is 30.1 Å². The van der Waals surface area contributed by atoms with E-state index in [1.54, 1.807) is 18.2 Å². The highest BCUT2D eigenvalue weighted by Crippen LogP contribution is 2.25. The fourth-order valence-electron chi connectivity index (χ4n) is 2.01. The summed E-state index contributed by atoms with van der Waals surface area (Å²) in [6.45, 7) is 3.36. The molecule has 1 heterocycles. The van der Waals surface area contributed by atoms with Gasteiger partial charge >= 0.3 is 0 Å². The summed E-state index contributed by atoms with van der Waals surface area (Å²) in [5.74, 6) is -0.184. The number of benzene rings is 1. The first-order valence-corrected chi connectivity index (χ1v) is 6.34. The predicted molar refractivity (Wildman–Crippen MR) is 71.8 cm³/mol. The van der Waals surface area contributed by atoms with Crippen LogP contribution in [-0.4, -0.2) is 24.7 Å². The van der Waals surface area contributed by atoms with Crippen molar-refractivity contribution < 1.29 is 9.53 Å². The van der Waals surface area contributed by atoms with Crippen molar-refractivity contribution >= 4 is 23.2 Å². The number of rotatable bonds is 2. The van der Waals surface area contributed by atoms with E-state index in [1.165, 1.54) is 0 Å². The Balaban J connectivity index is 2.14. The SMILES string of the molecule is CC1(NC(=O)c2cccc(N)c2Cl)CCOCC1. The fourth-order valence-corrected chi connectivity index (χ4v) is 2.23. The number of anilines is 1. The number of hydrogen-bond acceptors (Lipinski definition) is 3. The van der Waals surface area contributed by atoms with Crippen LogP contribution in [0.4, 0.5) is 5.69 Å². The number of ether oxygens (including phenoxy) is 1. The third-order valence-corrected chi connectivity index (χ3v) is 3.71. The average Bonchev–Trinajstić information content (AvgIpc) is 2.33. The maximum Gasteiger partial charge on any atom is 0.253 e. The Morgan fingerprint density at radius 1 is 1.44 bits per heavy atom. The van der Waals surface area contributed by atoms with Gasteiger partial charge in [0.05, 0.1) is 16.3 Å². The smallest absolute Gasteiger partial charge is 0.253 e. The molecule has 0 aliphatic carbocycles. The van der Waals surface area contributed by atoms with Gasteiger partial charge in [-0.15, -0.1) is 0 Å². The molecule has 0 unspecified atom stereocenters. The molecule has 18 heavy (non-hydrogen) atoms. The Hall–Kier alpha value is -1.26. The molecule has 0 saturated carbocycles. The molecule has 1 aliphatic heterocycles. The molecule has 0 radical (unpaired) electrons. The van der Waals surface area contributed by atoms with Crippen LogP contribution in [0.2, 0.25) is 5.02 Å². The second-order valence-electron chi connectivity index (χ2n) is 4.84. The molecule has 0 spiro atoms. The Kier molecular flexibility index (Phi) is 3.78. The van der Waals surface area contributed by atoms with Crippen molar-refractivity contribution in [3.05, 3.63) is 28.8 Å². The fraction of sp³-hybridized carbons (Fsp3) is 0.462. The number of carbonyl (C=O) groups is 1. The van der Waals surface area contributed by atoms with Gasteiger partial charge in [-0.25, -0.2) is 0 Å². The van der Waals surface area contributed by atoms with Crippen molar-refractivity contribution in [3.8, 4) is 0 Å². The molecule has 1 amide bonds. The van der Waals surface area contributed by atoms with E-state index in [9.17, 15) is 4.79 Å². The van der Waals surface area contributed by atoms with Crippen molar-refractivity contribution in [3.63, 3.8) is 0 Å². The number of nitrogens with two attached hydrogens (primary N) is 1. The van der Waals surface area contributed by atoms with E-state index in [0.29, 0.717) is 29.5 Å². The summed E-state index contributed by atoms with van der Waals surface area (Å²) in [6, 6.07) is 5.08. The van der Waals surface area contributed by atoms with Gasteiger partial charge in [-0.1, -0.05) is 17.7 Å². The van der Waals surface area contributed by atoms with Crippen molar-refractivity contribution in [1.29, 1.82) is 0 Å². The van der Waals surface area contributed by atoms with Gasteiger partial charge in [0, 0.05) is 18.8 Å². The van der Waals surface area contributed by atoms with E-state index in [1.807, 2.05) is 6.92 Å². The zero-order valence-electron chi connectivity index (χ0n) is 10.3. The third-order valence-electron chi connectivity index (χ3n) is 3.28. The maximum atomic E-state index is 12.2. The molecule has 5 heteroatoms. The van der Waals surface area contributed by atoms with Crippen molar-refractivity contribution in [1.82, 2.24) is 5.32 Å². The van der Waals surface area contributed by atoms with E-state index in [0.717, 1.165) is 12.8 Å². The summed E-state index contributed by atoms with van der Waals surface area (Å²) in [5.41, 5.74) is 6.30. The van der Waals surface area contributed by atoms with Crippen molar-refractivity contribution in [2.45, 2.75) is 25.3 Å². The van der Waals surface area contributed by atoms with Crippen molar-refractivity contribution in [2.24, 2.45) is 0 Å². The lowest BCUT2D eigenvalue weighted by molar-refractivity contribution is 0.0423. The van der Waals surface area contributed by atoms with Gasteiger partial charge in [0.15, 0.2) is 0 Å². The second kappa shape index (κ2) is 5.16. The first-order valence-electron chi connectivity index (χ1n) is 5.96. The Morgan fingerprint density at radius 3 is 2.78 bits per heavy atom. The molecule has 1 aromatic rings. The van der Waals surface area contributed by atoms with E-state index in [2.05, 4.69) is 5.32 Å². The molecule has 4 nitrogen and oxygen atoms in total. The normalized spacial score (nSPS) is 18.3. The zero-order chi connectivity index (χ0) is 13.2. The quantitative estimate of drug-likeness (QED) is 0.809. The minimum Gasteiger partial charge on any atom is -0.398 e. The molecular formula is C13H17ClN2O2. The summed E-state index contributed by atoms with van der Waals surface area (Å²) >= 11 is 6.04. The predicted octanol–water partition coefficient (Wildman–Crippen LogP) is 2.22. The van der Waals surface area contributed by atoms with Gasteiger partial charge in [0.1, 0.15) is 0 Å². The number of carbonyl (C=O) groups excluding carboxylic acids is 1. The van der Waals surface area contributed by atoms with Crippen LogP contribution in [0.15, 0.2) is 18.2 Å². The van der Waals surface area contributed by atoms with Gasteiger partial charge in [0.25, 0.3) is 5.91 Å². The lowest BCUT2D eigenvalue weighted by Crippen LogP contribution is -2.49. The van der Waals surface area contributed by atoms with Crippen LogP contribution in [-0.2, 0) is 4.74 Å². The van der Waals surface area contributed by atoms with Crippen LogP contribution in [0.5, 0.6) is 0 Å². The average molecular weight is 269 g/mol. The Morgan fingerprint density at radius 2 is 2.11 bits per heavy atom. The third kappa shape index (κ3) is 2.76. The number of halogens is 1. The second-order valence-corrected chi connectivity index (χ2v) is 5.21. The van der Waals surface area contributed by atoms with Crippen LogP contribution in [0, 0.1) is 0 Å². The molecule has 98 valence electrons. The van der Waals surface area contributed by atoms with Gasteiger partial charge in [-0.3, -0.25) is 4.79 Å². The molecule has 1 aliphatic rings. The number of hydrogen-bond donors (Lipinski definition) is 2. The molecule has 1 saturated heterocycles. The zero-order valence-corrected chi connectivity index (χ0v) is 11.1. The summed E-state index contributed by atoms with van der Waals surface area (Å²) in [7, 11) is 0. The highest BCUT2D eigenvalue weighted by Gasteiger charge is 2.29. The van der Waals surface area contributed by atoms with E-state index in [4.69, 9.17) is 22.1 Å². The number of amides is 1. The Labute approximate surface area is 111 Å². The highest BCUT2D eigenvalue weighted by molar-refractivity contribution is 6.36. The molecule has 0 atom stereocenters. The van der Waals surface area contributed by atoms with Gasteiger partial charge in [-0.05, 0) is 31.9 Å². The lowest BCUT2D eigenvalue weighted by Gasteiger charge is -2.34. The van der Waals surface area contributed by atoms with Gasteiger partial charge in [-0.2, -0.15) is 0 Å². The molecule has 1 aromatic carbocycles. The van der Waals surface area contributed by atoms with E-state index >= 15 is 0 Å². The standard InChI is InChI=1S/C13H17ClN2O2/c1-13(5-7-18-8-6-13)16-12(17)9-3-2-4-10(15)11(9)14/h2-4H,5-8,15H2,1H3,(H,16,17). The Bertz CT molecular complexity index is 456. The first kappa shape index (κ1) is 13.2. The van der Waals surface area contributed by atoms with Crippen LogP contribution in [0.3, 0.4) is 0 Å². The molecule has 0 aromatic heterocycles. The summed E-state index contributed by atoms with van der Waals surface area (Å²) < 4.78 is 5.30. The largest absolute Gasteiger partial charge is 0.398 e. The maximum absolute atomic E-state index is 12.2. The topological polar surface area (TPSA) is 64.4 Å². The summed E-state index contributed by atoms with van der Waals surface area (Å²) in [5, 5.41) is 3.33. The molecule has 3 N–H and O–H groups in total. The first-order chi connectivity index (χ1) is 8.52. The highest BCUT2D eigenvalue weighted by atomic mass is 35.5. The number of nitrogens with one attached hydrogen (secondary N) is 1. The minimum atomic E-state index is -0.233. The monoisotopic (exact) mass is 268 g/mol. The van der Waals surface area contributed by atoms with Gasteiger partial charge in [0.2, 0.25) is 0 Å². The van der Waals surface area contributed by atoms with Crippen LogP contribution in [0.25, 0.3) is 0 Å². The molecular weight excluding hydrogens is 252 g/mol. The van der Waals surface area contributed by atoms with Crippen LogP contribution >= 0.6 is 11.6 Å². The minimum absolute atomic E-state index is 0.184. The van der Waals surface area contributed by atoms with Gasteiger partial charge < -0.3 is 15.8 Å². The van der Waals surface area contributed by atoms with Crippen molar-refractivity contribution in [2.75, 3.05) is 18.9 Å². The summed E-state index contributed by atoms with van der Waals surface area (Å²) in [6.07, 6.45) is 1.61. The number of nitrogen functional groups attached to an aromatic ring is 1. The van der Waals surface area contributed by atoms with E-state index in [-0.39, 0.29) is 11.4 Å². The molecule has 1 fully saturated rings. The lowest BCUT2D eigenvalue weighted by atomic mass is 9.92. The molecule has 0 bridgehead atoms. The summed E-state index contributed by atoms with van der Waals surface area (Å²) in [4.78, 5) is 12.2. The van der Waals surface area contributed by atoms with E-state index < -0.39 is 0 Å². The molecule has 2 rings (SSSR count). The van der Waals surface area contributed by atoms with Crippen LogP contribution < -0.4 is 11.1 Å².